The van der Waals surface area contributed by atoms with Crippen LogP contribution < -0.4 is 4.90 Å². The van der Waals surface area contributed by atoms with Crippen LogP contribution in [0, 0.1) is 5.82 Å². The van der Waals surface area contributed by atoms with Gasteiger partial charge in [-0.2, -0.15) is 0 Å². The van der Waals surface area contributed by atoms with Gasteiger partial charge in [-0.3, -0.25) is 9.69 Å². The van der Waals surface area contributed by atoms with Crippen LogP contribution >= 0.6 is 11.6 Å². The number of methoxy groups -OCH3 is 1. The fourth-order valence-electron chi connectivity index (χ4n) is 3.26. The molecule has 1 amide bonds. The molecule has 4 nitrogen and oxygen atoms in total. The molecule has 0 aliphatic carbocycles. The summed E-state index contributed by atoms with van der Waals surface area (Å²) in [4.78, 5) is 27.0. The normalized spacial score (nSPS) is 15.6. The average molecular weight is 414 g/mol. The van der Waals surface area contributed by atoms with E-state index in [0.717, 1.165) is 5.56 Å². The van der Waals surface area contributed by atoms with Gasteiger partial charge in [0.1, 0.15) is 5.82 Å². The van der Waals surface area contributed by atoms with Crippen molar-refractivity contribution in [2.24, 2.45) is 0 Å². The first kappa shape index (κ1) is 20.8. The van der Waals surface area contributed by atoms with Crippen LogP contribution in [-0.2, 0) is 14.3 Å². The predicted molar refractivity (Wildman–Crippen MR) is 112 cm³/mol. The van der Waals surface area contributed by atoms with Crippen molar-refractivity contribution in [3.05, 3.63) is 81.3 Å². The molecular weight excluding hydrogens is 393 g/mol. The van der Waals surface area contributed by atoms with Gasteiger partial charge in [0.2, 0.25) is 0 Å². The van der Waals surface area contributed by atoms with E-state index in [1.165, 1.54) is 35.8 Å². The van der Waals surface area contributed by atoms with Crippen molar-refractivity contribution < 1.29 is 18.7 Å². The zero-order valence-electron chi connectivity index (χ0n) is 16.6. The molecule has 1 aliphatic rings. The molecule has 0 bridgehead atoms. The second kappa shape index (κ2) is 8.21. The third kappa shape index (κ3) is 3.96. The van der Waals surface area contributed by atoms with Gasteiger partial charge in [0, 0.05) is 5.70 Å². The molecule has 0 saturated carbocycles. The highest BCUT2D eigenvalue weighted by atomic mass is 35.5. The summed E-state index contributed by atoms with van der Waals surface area (Å²) in [6.45, 7) is 5.84. The molecule has 1 heterocycles. The van der Waals surface area contributed by atoms with Crippen molar-refractivity contribution >= 4 is 35.2 Å². The summed E-state index contributed by atoms with van der Waals surface area (Å²) in [7, 11) is 1.26. The van der Waals surface area contributed by atoms with Gasteiger partial charge < -0.3 is 4.74 Å². The van der Waals surface area contributed by atoms with E-state index in [-0.39, 0.29) is 16.2 Å². The number of allylic oxidation sites excluding steroid dienone is 1. The summed E-state index contributed by atoms with van der Waals surface area (Å²) in [6, 6.07) is 11.8. The summed E-state index contributed by atoms with van der Waals surface area (Å²) in [5.74, 6) is -1.22. The number of nitrogens with zero attached hydrogens (tertiary/aromatic N) is 1. The smallest absolute Gasteiger partial charge is 0.340 e. The van der Waals surface area contributed by atoms with Gasteiger partial charge in [0.15, 0.2) is 0 Å². The van der Waals surface area contributed by atoms with Crippen LogP contribution in [0.4, 0.5) is 10.1 Å². The summed E-state index contributed by atoms with van der Waals surface area (Å²) in [5, 5.41) is -0.107. The Labute approximate surface area is 174 Å². The van der Waals surface area contributed by atoms with E-state index in [2.05, 4.69) is 13.8 Å². The SMILES string of the molecule is COC(=O)C1=C(C)N(c2ccc(F)c(Cl)c2)C(=O)/C1=C\c1ccc(C(C)C)cc1. The topological polar surface area (TPSA) is 46.6 Å². The monoisotopic (exact) mass is 413 g/mol. The lowest BCUT2D eigenvalue weighted by molar-refractivity contribution is -0.136. The van der Waals surface area contributed by atoms with Crippen molar-refractivity contribution in [1.82, 2.24) is 0 Å². The number of esters is 1. The van der Waals surface area contributed by atoms with Crippen LogP contribution in [0.2, 0.25) is 5.02 Å². The molecule has 0 aromatic heterocycles. The lowest BCUT2D eigenvalue weighted by atomic mass is 9.99. The molecule has 0 unspecified atom stereocenters. The van der Waals surface area contributed by atoms with E-state index >= 15 is 0 Å². The number of benzene rings is 2. The highest BCUT2D eigenvalue weighted by Gasteiger charge is 2.38. The fraction of sp³-hybridized carbons (Fsp3) is 0.217. The summed E-state index contributed by atoms with van der Waals surface area (Å²) >= 11 is 5.89. The molecule has 2 aromatic carbocycles. The molecule has 0 radical (unpaired) electrons. The van der Waals surface area contributed by atoms with Gasteiger partial charge in [0.05, 0.1) is 29.0 Å². The number of carbonyl (C=O) groups is 2. The molecule has 29 heavy (non-hydrogen) atoms. The third-order valence-corrected chi connectivity index (χ3v) is 5.15. The Morgan fingerprint density at radius 3 is 2.38 bits per heavy atom. The molecule has 150 valence electrons. The minimum absolute atomic E-state index is 0.107. The first-order valence-electron chi connectivity index (χ1n) is 9.15. The lowest BCUT2D eigenvalue weighted by Crippen LogP contribution is -2.24. The van der Waals surface area contributed by atoms with Gasteiger partial charge in [0.25, 0.3) is 5.91 Å². The number of halogens is 2. The summed E-state index contributed by atoms with van der Waals surface area (Å²) in [5.41, 5.74) is 3.12. The van der Waals surface area contributed by atoms with Crippen LogP contribution in [0.3, 0.4) is 0 Å². The zero-order chi connectivity index (χ0) is 21.3. The van der Waals surface area contributed by atoms with E-state index in [9.17, 15) is 14.0 Å². The number of hydrogen-bond acceptors (Lipinski definition) is 3. The Hall–Kier alpha value is -2.92. The molecular formula is C23H21ClFNO3. The molecule has 3 rings (SSSR count). The quantitative estimate of drug-likeness (QED) is 0.492. The summed E-state index contributed by atoms with van der Waals surface area (Å²) < 4.78 is 18.5. The van der Waals surface area contributed by atoms with Crippen molar-refractivity contribution in [2.75, 3.05) is 12.0 Å². The minimum atomic E-state index is -0.614. The molecule has 2 aromatic rings. The molecule has 0 N–H and O–H groups in total. The first-order valence-corrected chi connectivity index (χ1v) is 9.53. The Morgan fingerprint density at radius 1 is 1.17 bits per heavy atom. The van der Waals surface area contributed by atoms with Gasteiger partial charge in [-0.15, -0.1) is 0 Å². The van der Waals surface area contributed by atoms with Gasteiger partial charge in [-0.1, -0.05) is 49.7 Å². The van der Waals surface area contributed by atoms with Gasteiger partial charge in [-0.05, 0) is 48.2 Å². The molecule has 0 atom stereocenters. The van der Waals surface area contributed by atoms with Crippen molar-refractivity contribution in [3.8, 4) is 0 Å². The maximum absolute atomic E-state index is 13.6. The van der Waals surface area contributed by atoms with E-state index in [1.54, 1.807) is 13.0 Å². The van der Waals surface area contributed by atoms with E-state index < -0.39 is 17.7 Å². The van der Waals surface area contributed by atoms with Crippen LogP contribution in [0.25, 0.3) is 6.08 Å². The first-order chi connectivity index (χ1) is 13.7. The second-order valence-corrected chi connectivity index (χ2v) is 7.48. The highest BCUT2D eigenvalue weighted by Crippen LogP contribution is 2.36. The highest BCUT2D eigenvalue weighted by molar-refractivity contribution is 6.31. The average Bonchev–Trinajstić information content (AvgIpc) is 2.94. The largest absolute Gasteiger partial charge is 0.465 e. The van der Waals surface area contributed by atoms with Crippen LogP contribution in [0.15, 0.2) is 59.3 Å². The Balaban J connectivity index is 2.09. The Bertz CT molecular complexity index is 1040. The Morgan fingerprint density at radius 2 is 1.83 bits per heavy atom. The Kier molecular flexibility index (Phi) is 5.89. The third-order valence-electron chi connectivity index (χ3n) is 4.87. The van der Waals surface area contributed by atoms with Crippen molar-refractivity contribution in [1.29, 1.82) is 0 Å². The standard InChI is InChI=1S/C23H21ClFNO3/c1-13(2)16-7-5-15(6-8-16)11-18-21(23(28)29-4)14(3)26(22(18)27)17-9-10-20(25)19(24)12-17/h5-13H,1-4H3/b18-11-. The van der Waals surface area contributed by atoms with Crippen LogP contribution in [0.5, 0.6) is 0 Å². The summed E-state index contributed by atoms with van der Waals surface area (Å²) in [6.07, 6.45) is 1.66. The number of rotatable bonds is 4. The molecule has 1 aliphatic heterocycles. The number of carbonyl (C=O) groups excluding carboxylic acids is 2. The van der Waals surface area contributed by atoms with Crippen molar-refractivity contribution in [2.45, 2.75) is 26.7 Å². The zero-order valence-corrected chi connectivity index (χ0v) is 17.4. The maximum Gasteiger partial charge on any atom is 0.340 e. The van der Waals surface area contributed by atoms with E-state index in [4.69, 9.17) is 16.3 Å². The molecule has 0 saturated heterocycles. The second-order valence-electron chi connectivity index (χ2n) is 7.07. The van der Waals surface area contributed by atoms with Gasteiger partial charge in [-0.25, -0.2) is 9.18 Å². The van der Waals surface area contributed by atoms with E-state index in [1.807, 2.05) is 24.3 Å². The maximum atomic E-state index is 13.6. The van der Waals surface area contributed by atoms with Crippen LogP contribution in [-0.4, -0.2) is 19.0 Å². The number of anilines is 1. The molecule has 0 spiro atoms. The number of ether oxygens (including phenoxy) is 1. The molecule has 6 heteroatoms. The number of amides is 1. The fourth-order valence-corrected chi connectivity index (χ4v) is 3.43. The van der Waals surface area contributed by atoms with E-state index in [0.29, 0.717) is 17.3 Å². The lowest BCUT2D eigenvalue weighted by Gasteiger charge is -2.18. The number of hydrogen-bond donors (Lipinski definition) is 0. The van der Waals surface area contributed by atoms with Gasteiger partial charge >= 0.3 is 5.97 Å². The molecule has 0 fully saturated rings. The van der Waals surface area contributed by atoms with Crippen LogP contribution in [0.1, 0.15) is 37.8 Å². The van der Waals surface area contributed by atoms with Crippen molar-refractivity contribution in [3.63, 3.8) is 0 Å². The minimum Gasteiger partial charge on any atom is -0.465 e. The predicted octanol–water partition coefficient (Wildman–Crippen LogP) is 5.48.